The van der Waals surface area contributed by atoms with E-state index in [2.05, 4.69) is 9.97 Å². The summed E-state index contributed by atoms with van der Waals surface area (Å²) in [7, 11) is 2.01. The molecule has 2 aromatic rings. The smallest absolute Gasteiger partial charge is 0.222 e. The molecular weight excluding hydrogens is 322 g/mol. The largest absolute Gasteiger partial charge is 0.345 e. The van der Waals surface area contributed by atoms with Gasteiger partial charge in [-0.15, -0.1) is 0 Å². The van der Waals surface area contributed by atoms with Crippen molar-refractivity contribution in [1.82, 2.24) is 14.9 Å². The molecule has 4 aliphatic rings. The number of nitrogens with zero attached hydrogens (tertiary/aromatic N) is 2. The molecule has 0 radical (unpaired) electrons. The number of aryl methyl sites for hydroxylation is 1. The van der Waals surface area contributed by atoms with Crippen LogP contribution < -0.4 is 0 Å². The summed E-state index contributed by atoms with van der Waals surface area (Å²) >= 11 is 0. The molecule has 4 fully saturated rings. The van der Waals surface area contributed by atoms with E-state index in [1.165, 1.54) is 38.5 Å². The molecule has 4 heteroatoms. The van der Waals surface area contributed by atoms with E-state index >= 15 is 0 Å². The van der Waals surface area contributed by atoms with Gasteiger partial charge in [-0.3, -0.25) is 4.79 Å². The Balaban J connectivity index is 1.20. The fourth-order valence-corrected chi connectivity index (χ4v) is 6.62. The van der Waals surface area contributed by atoms with Crippen LogP contribution >= 0.6 is 0 Å². The number of rotatable bonds is 5. The van der Waals surface area contributed by atoms with Crippen molar-refractivity contribution in [2.45, 2.75) is 51.4 Å². The summed E-state index contributed by atoms with van der Waals surface area (Å²) in [5.74, 6) is 4.02. The standard InChI is InChI=1S/C22H29N3O/c1-25(14-22-11-15-8-16(12-22)10-17(9-15)13-22)21(26)7-6-20-23-18-4-2-3-5-19(18)24-20/h2-5,15-17H,6-14H2,1H3,(H,23,24). The van der Waals surface area contributed by atoms with Crippen molar-refractivity contribution >= 4 is 16.9 Å². The lowest BCUT2D eigenvalue weighted by molar-refractivity contribution is -0.135. The number of fused-ring (bicyclic) bond motifs is 1. The van der Waals surface area contributed by atoms with Crippen molar-refractivity contribution in [3.63, 3.8) is 0 Å². The maximum absolute atomic E-state index is 12.7. The zero-order chi connectivity index (χ0) is 17.7. The number of hydrogen-bond acceptors (Lipinski definition) is 2. The van der Waals surface area contributed by atoms with Crippen molar-refractivity contribution in [2.75, 3.05) is 13.6 Å². The molecule has 4 aliphatic carbocycles. The minimum atomic E-state index is 0.265. The molecule has 4 nitrogen and oxygen atoms in total. The number of hydrogen-bond donors (Lipinski definition) is 1. The van der Waals surface area contributed by atoms with E-state index < -0.39 is 0 Å². The normalized spacial score (nSPS) is 32.3. The molecule has 1 heterocycles. The van der Waals surface area contributed by atoms with Crippen molar-refractivity contribution in [2.24, 2.45) is 23.2 Å². The number of para-hydroxylation sites is 2. The first-order valence-corrected chi connectivity index (χ1v) is 10.3. The number of benzene rings is 1. The summed E-state index contributed by atoms with van der Waals surface area (Å²) in [6.07, 6.45) is 9.71. The summed E-state index contributed by atoms with van der Waals surface area (Å²) in [5.41, 5.74) is 2.46. The van der Waals surface area contributed by atoms with Gasteiger partial charge in [-0.05, 0) is 73.8 Å². The highest BCUT2D eigenvalue weighted by Crippen LogP contribution is 2.60. The molecule has 1 aromatic carbocycles. The van der Waals surface area contributed by atoms with E-state index in [-0.39, 0.29) is 5.91 Å². The molecule has 0 unspecified atom stereocenters. The van der Waals surface area contributed by atoms with E-state index in [1.807, 2.05) is 36.2 Å². The number of amides is 1. The van der Waals surface area contributed by atoms with E-state index in [4.69, 9.17) is 0 Å². The van der Waals surface area contributed by atoms with Gasteiger partial charge in [-0.1, -0.05) is 12.1 Å². The number of carbonyl (C=O) groups excluding carboxylic acids is 1. The van der Waals surface area contributed by atoms with E-state index in [1.54, 1.807) is 0 Å². The summed E-state index contributed by atoms with van der Waals surface area (Å²) in [5, 5.41) is 0. The van der Waals surface area contributed by atoms with Crippen LogP contribution in [0.3, 0.4) is 0 Å². The van der Waals surface area contributed by atoms with Gasteiger partial charge in [0, 0.05) is 26.4 Å². The number of aromatic nitrogens is 2. The molecule has 26 heavy (non-hydrogen) atoms. The molecule has 0 saturated heterocycles. The van der Waals surface area contributed by atoms with Gasteiger partial charge < -0.3 is 9.88 Å². The third-order valence-electron chi connectivity index (χ3n) is 7.18. The molecule has 0 aliphatic heterocycles. The van der Waals surface area contributed by atoms with Crippen LogP contribution in [0.25, 0.3) is 11.0 Å². The Morgan fingerprint density at radius 3 is 2.46 bits per heavy atom. The summed E-state index contributed by atoms with van der Waals surface area (Å²) in [4.78, 5) is 22.7. The second-order valence-electron chi connectivity index (χ2n) is 9.37. The van der Waals surface area contributed by atoms with E-state index in [0.29, 0.717) is 18.3 Å². The van der Waals surface area contributed by atoms with Crippen LogP contribution in [0.15, 0.2) is 24.3 Å². The van der Waals surface area contributed by atoms with Gasteiger partial charge in [0.15, 0.2) is 0 Å². The van der Waals surface area contributed by atoms with Gasteiger partial charge in [-0.2, -0.15) is 0 Å². The maximum atomic E-state index is 12.7. The first kappa shape index (κ1) is 16.3. The summed E-state index contributed by atoms with van der Waals surface area (Å²) in [6.45, 7) is 0.968. The molecule has 138 valence electrons. The number of H-pyrrole nitrogens is 1. The quantitative estimate of drug-likeness (QED) is 0.879. The molecule has 1 amide bonds. The van der Waals surface area contributed by atoms with Crippen molar-refractivity contribution in [3.05, 3.63) is 30.1 Å². The second-order valence-corrected chi connectivity index (χ2v) is 9.37. The zero-order valence-electron chi connectivity index (χ0n) is 15.7. The van der Waals surface area contributed by atoms with Crippen LogP contribution in [0, 0.1) is 23.2 Å². The van der Waals surface area contributed by atoms with E-state index in [0.717, 1.165) is 41.2 Å². The molecule has 1 N–H and O–H groups in total. The number of nitrogens with one attached hydrogen (secondary N) is 1. The number of carbonyl (C=O) groups is 1. The van der Waals surface area contributed by atoms with Crippen LogP contribution in [0.5, 0.6) is 0 Å². The Kier molecular flexibility index (Phi) is 3.84. The van der Waals surface area contributed by atoms with Gasteiger partial charge in [0.2, 0.25) is 5.91 Å². The van der Waals surface area contributed by atoms with Crippen molar-refractivity contribution in [1.29, 1.82) is 0 Å². The Hall–Kier alpha value is -1.84. The van der Waals surface area contributed by atoms with Gasteiger partial charge in [0.1, 0.15) is 5.82 Å². The minimum Gasteiger partial charge on any atom is -0.345 e. The Labute approximate surface area is 155 Å². The van der Waals surface area contributed by atoms with Gasteiger partial charge in [0.05, 0.1) is 11.0 Å². The number of imidazole rings is 1. The predicted octanol–water partition coefficient (Wildman–Crippen LogP) is 4.17. The molecule has 1 aromatic heterocycles. The first-order valence-electron chi connectivity index (χ1n) is 10.3. The second kappa shape index (κ2) is 6.11. The highest BCUT2D eigenvalue weighted by Gasteiger charge is 2.51. The topological polar surface area (TPSA) is 49.0 Å². The molecule has 0 spiro atoms. The van der Waals surface area contributed by atoms with Crippen molar-refractivity contribution < 1.29 is 4.79 Å². The Morgan fingerprint density at radius 2 is 1.81 bits per heavy atom. The molecular formula is C22H29N3O. The van der Waals surface area contributed by atoms with Crippen LogP contribution in [-0.4, -0.2) is 34.4 Å². The monoisotopic (exact) mass is 351 g/mol. The lowest BCUT2D eigenvalue weighted by atomic mass is 9.49. The van der Waals surface area contributed by atoms with Crippen molar-refractivity contribution in [3.8, 4) is 0 Å². The number of aromatic amines is 1. The Bertz CT molecular complexity index is 755. The maximum Gasteiger partial charge on any atom is 0.222 e. The highest BCUT2D eigenvalue weighted by molar-refractivity contribution is 5.77. The fourth-order valence-electron chi connectivity index (χ4n) is 6.62. The lowest BCUT2D eigenvalue weighted by Crippen LogP contribution is -2.51. The third kappa shape index (κ3) is 2.93. The third-order valence-corrected chi connectivity index (χ3v) is 7.18. The van der Waals surface area contributed by atoms with E-state index in [9.17, 15) is 4.79 Å². The molecule has 4 saturated carbocycles. The molecule has 6 rings (SSSR count). The average molecular weight is 351 g/mol. The molecule has 0 atom stereocenters. The van der Waals surface area contributed by atoms with Gasteiger partial charge >= 0.3 is 0 Å². The zero-order valence-corrected chi connectivity index (χ0v) is 15.7. The fraction of sp³-hybridized carbons (Fsp3) is 0.636. The SMILES string of the molecule is CN(CC12CC3CC(CC(C3)C1)C2)C(=O)CCc1nc2ccccc2[nH]1. The average Bonchev–Trinajstić information content (AvgIpc) is 3.01. The Morgan fingerprint density at radius 1 is 1.15 bits per heavy atom. The van der Waals surface area contributed by atoms with Crippen LogP contribution in [-0.2, 0) is 11.2 Å². The van der Waals surface area contributed by atoms with Gasteiger partial charge in [-0.25, -0.2) is 4.98 Å². The molecule has 4 bridgehead atoms. The van der Waals surface area contributed by atoms with Crippen LogP contribution in [0.1, 0.15) is 50.8 Å². The summed E-state index contributed by atoms with van der Waals surface area (Å²) < 4.78 is 0. The lowest BCUT2D eigenvalue weighted by Gasteiger charge is -2.57. The first-order chi connectivity index (χ1) is 12.6. The van der Waals surface area contributed by atoms with Crippen LogP contribution in [0.4, 0.5) is 0 Å². The van der Waals surface area contributed by atoms with Gasteiger partial charge in [0.25, 0.3) is 0 Å². The van der Waals surface area contributed by atoms with Crippen LogP contribution in [0.2, 0.25) is 0 Å². The summed E-state index contributed by atoms with van der Waals surface area (Å²) in [6, 6.07) is 8.05. The highest BCUT2D eigenvalue weighted by atomic mass is 16.2. The predicted molar refractivity (Wildman–Crippen MR) is 103 cm³/mol. The minimum absolute atomic E-state index is 0.265.